The van der Waals surface area contributed by atoms with E-state index in [0.717, 1.165) is 12.0 Å². The predicted octanol–water partition coefficient (Wildman–Crippen LogP) is -5.17. The maximum atomic E-state index is 10.2. The van der Waals surface area contributed by atoms with Gasteiger partial charge in [0.2, 0.25) is 0 Å². The molecule has 0 aromatic heterocycles. The van der Waals surface area contributed by atoms with Crippen LogP contribution in [0.2, 0.25) is 0 Å². The summed E-state index contributed by atoms with van der Waals surface area (Å²) >= 11 is 0. The van der Waals surface area contributed by atoms with E-state index in [0.29, 0.717) is 5.75 Å². The van der Waals surface area contributed by atoms with Crippen LogP contribution in [0.3, 0.4) is 0 Å². The third-order valence-electron chi connectivity index (χ3n) is 4.02. The predicted molar refractivity (Wildman–Crippen MR) is 99.8 cm³/mol. The molecule has 8 nitrogen and oxygen atoms in total. The first kappa shape index (κ1) is 34.5. The molecule has 0 aliphatic rings. The molecule has 11 heteroatoms. The number of carboxylic acids is 2. The molecule has 0 saturated carbocycles. The summed E-state index contributed by atoms with van der Waals surface area (Å²) in [5.74, 6) is -3.63. The average molecular weight is 462 g/mol. The van der Waals surface area contributed by atoms with Crippen LogP contribution in [0.15, 0.2) is 24.3 Å². The number of unbranched alkanes of at least 4 members (excludes halogenated alkanes) is 6. The normalized spacial score (nSPS) is 11.1. The van der Waals surface area contributed by atoms with Gasteiger partial charge in [-0.15, -0.1) is 0 Å². The molecule has 1 rings (SSSR count). The van der Waals surface area contributed by atoms with Gasteiger partial charge in [-0.05, 0) is 24.5 Å². The number of rotatable bonds is 12. The molecular formula is C19H28Na2O8S. The van der Waals surface area contributed by atoms with Gasteiger partial charge in [0.25, 0.3) is 10.1 Å². The third kappa shape index (κ3) is 17.5. The summed E-state index contributed by atoms with van der Waals surface area (Å²) in [4.78, 5) is 19.7. The molecule has 30 heavy (non-hydrogen) atoms. The topological polar surface area (TPSA) is 155 Å². The third-order valence-corrected chi connectivity index (χ3v) is 5.09. The zero-order chi connectivity index (χ0) is 21.6. The van der Waals surface area contributed by atoms with Gasteiger partial charge in [-0.3, -0.25) is 4.55 Å². The number of carbonyl (C=O) groups excluding carboxylic acids is 2. The van der Waals surface area contributed by atoms with E-state index in [1.165, 1.54) is 44.9 Å². The van der Waals surface area contributed by atoms with Gasteiger partial charge in [0.15, 0.2) is 0 Å². The van der Waals surface area contributed by atoms with Crippen LogP contribution in [-0.4, -0.2) is 35.3 Å². The van der Waals surface area contributed by atoms with Crippen molar-refractivity contribution in [2.75, 3.05) is 0 Å². The number of hydrogen-bond donors (Lipinski definition) is 2. The van der Waals surface area contributed by atoms with Gasteiger partial charge in [-0.25, -0.2) is 0 Å². The summed E-state index contributed by atoms with van der Waals surface area (Å²) in [7, 11) is -4.94. The van der Waals surface area contributed by atoms with Crippen molar-refractivity contribution in [2.24, 2.45) is 0 Å². The van der Waals surface area contributed by atoms with Crippen LogP contribution in [-0.2, 0) is 26.1 Å². The number of aliphatic carboxylic acids is 2. The van der Waals surface area contributed by atoms with Crippen molar-refractivity contribution in [3.63, 3.8) is 0 Å². The van der Waals surface area contributed by atoms with Crippen LogP contribution in [0.25, 0.3) is 0 Å². The van der Waals surface area contributed by atoms with Crippen molar-refractivity contribution in [3.8, 4) is 5.75 Å². The van der Waals surface area contributed by atoms with E-state index in [1.54, 1.807) is 6.07 Å². The Morgan fingerprint density at radius 2 is 1.47 bits per heavy atom. The Hall–Kier alpha value is -0.130. The number of hydrogen-bond acceptors (Lipinski definition) is 7. The number of phenols is 1. The quantitative estimate of drug-likeness (QED) is 0.178. The van der Waals surface area contributed by atoms with Gasteiger partial charge >= 0.3 is 59.1 Å². The number of aryl methyl sites for hydroxylation is 1. The fourth-order valence-electron chi connectivity index (χ4n) is 2.46. The second kappa shape index (κ2) is 19.5. The van der Waals surface area contributed by atoms with Gasteiger partial charge in [0, 0.05) is 12.4 Å². The number of carbonyl (C=O) groups is 2. The summed E-state index contributed by atoms with van der Waals surface area (Å²) in [5.41, 5.74) is 1.09. The van der Waals surface area contributed by atoms with Gasteiger partial charge in [-0.1, -0.05) is 63.6 Å². The molecule has 0 aliphatic carbocycles. The van der Waals surface area contributed by atoms with E-state index in [4.69, 9.17) is 4.55 Å². The minimum atomic E-state index is -4.94. The van der Waals surface area contributed by atoms with Gasteiger partial charge in [0.1, 0.15) is 11.0 Å². The Balaban J connectivity index is -0.000000474. The Morgan fingerprint density at radius 3 is 1.87 bits per heavy atom. The molecule has 0 fully saturated rings. The Kier molecular flexibility index (Phi) is 22.5. The Labute approximate surface area is 222 Å². The molecule has 1 aromatic carbocycles. The summed E-state index contributed by atoms with van der Waals surface area (Å²) < 4.78 is 28.5. The van der Waals surface area contributed by atoms with Gasteiger partial charge in [0.05, 0.1) is 5.97 Å². The molecule has 1 unspecified atom stereocenters. The average Bonchev–Trinajstić information content (AvgIpc) is 2.59. The Morgan fingerprint density at radius 1 is 0.967 bits per heavy atom. The molecule has 0 radical (unpaired) electrons. The summed E-state index contributed by atoms with van der Waals surface area (Å²) in [6.45, 7) is 2.25. The van der Waals surface area contributed by atoms with E-state index in [2.05, 4.69) is 6.92 Å². The smallest absolute Gasteiger partial charge is 0.550 e. The second-order valence-corrected chi connectivity index (χ2v) is 8.00. The van der Waals surface area contributed by atoms with Crippen LogP contribution in [0.5, 0.6) is 5.75 Å². The molecule has 0 aliphatic heterocycles. The van der Waals surface area contributed by atoms with E-state index in [1.807, 2.05) is 18.2 Å². The molecule has 0 bridgehead atoms. The van der Waals surface area contributed by atoms with Crippen LogP contribution in [0.1, 0.15) is 63.9 Å². The molecule has 0 amide bonds. The molecule has 0 spiro atoms. The second-order valence-electron chi connectivity index (χ2n) is 6.40. The van der Waals surface area contributed by atoms with Crippen molar-refractivity contribution in [3.05, 3.63) is 29.8 Å². The number of carboxylic acid groups (broad SMARTS) is 2. The van der Waals surface area contributed by atoms with Crippen molar-refractivity contribution < 1.29 is 97.0 Å². The molecule has 1 atom stereocenters. The fraction of sp³-hybridized carbons (Fsp3) is 0.579. The number of para-hydroxylation sites is 1. The molecule has 2 N–H and O–H groups in total. The van der Waals surface area contributed by atoms with E-state index in [9.17, 15) is 33.3 Å². The van der Waals surface area contributed by atoms with Crippen molar-refractivity contribution in [1.29, 1.82) is 0 Å². The maximum absolute atomic E-state index is 10.2. The molecular weight excluding hydrogens is 434 g/mol. The van der Waals surface area contributed by atoms with Gasteiger partial charge < -0.3 is 24.9 Å². The van der Waals surface area contributed by atoms with Crippen LogP contribution >= 0.6 is 0 Å². The molecule has 0 saturated heterocycles. The largest absolute Gasteiger partial charge is 1.00 e. The zero-order valence-corrected chi connectivity index (χ0v) is 22.8. The first-order valence-electron chi connectivity index (χ1n) is 9.23. The first-order valence-corrected chi connectivity index (χ1v) is 10.7. The zero-order valence-electron chi connectivity index (χ0n) is 18.0. The van der Waals surface area contributed by atoms with Crippen LogP contribution in [0, 0.1) is 0 Å². The van der Waals surface area contributed by atoms with Crippen molar-refractivity contribution in [1.82, 2.24) is 0 Å². The minimum Gasteiger partial charge on any atom is -0.550 e. The van der Waals surface area contributed by atoms with Crippen LogP contribution in [0.4, 0.5) is 0 Å². The monoisotopic (exact) mass is 462 g/mol. The summed E-state index contributed by atoms with van der Waals surface area (Å²) in [5, 5.41) is 26.8. The first-order chi connectivity index (χ1) is 13.1. The van der Waals surface area contributed by atoms with Crippen LogP contribution < -0.4 is 69.3 Å². The van der Waals surface area contributed by atoms with Gasteiger partial charge in [-0.2, -0.15) is 8.42 Å². The Bertz CT molecular complexity index is 710. The van der Waals surface area contributed by atoms with E-state index in [-0.39, 0.29) is 59.1 Å². The number of phenolic OH excluding ortho intramolecular Hbond substituents is 1. The maximum Gasteiger partial charge on any atom is 1.00 e. The molecule has 1 aromatic rings. The fourth-order valence-corrected chi connectivity index (χ4v) is 3.05. The van der Waals surface area contributed by atoms with E-state index < -0.39 is 33.7 Å². The standard InChI is InChI=1S/C15H24O.C4H6O7S.2Na/c1-2-3-4-5-6-7-8-11-14-12-9-10-13-15(14)16;5-3(6)1-2(4(7)8)12(9,10)11;;/h9-10,12-13,16H,2-8,11H2,1H3;2H,1H2,(H,5,6)(H,7,8)(H,9,10,11);;/q;;2*+1/p-2. The summed E-state index contributed by atoms with van der Waals surface area (Å²) in [6.07, 6.45) is 8.95. The van der Waals surface area contributed by atoms with Crippen molar-refractivity contribution in [2.45, 2.75) is 70.0 Å². The number of benzene rings is 1. The molecule has 160 valence electrons. The number of aromatic hydroxyl groups is 1. The minimum absolute atomic E-state index is 0. The summed E-state index contributed by atoms with van der Waals surface area (Å²) in [6, 6.07) is 7.67. The molecule has 0 heterocycles. The van der Waals surface area contributed by atoms with E-state index >= 15 is 0 Å². The SMILES string of the molecule is CCCCCCCCCc1ccccc1O.O=C([O-])CC(C(=O)[O-])S(=O)(=O)O.[Na+].[Na+]. The van der Waals surface area contributed by atoms with Crippen molar-refractivity contribution >= 4 is 22.1 Å².